The van der Waals surface area contributed by atoms with Crippen molar-refractivity contribution in [1.29, 1.82) is 5.41 Å². The normalized spacial score (nSPS) is 18.2. The number of hydrogen-bond acceptors (Lipinski definition) is 3. The van der Waals surface area contributed by atoms with Crippen molar-refractivity contribution in [1.82, 2.24) is 5.32 Å². The van der Waals surface area contributed by atoms with E-state index in [1.165, 1.54) is 38.5 Å². The summed E-state index contributed by atoms with van der Waals surface area (Å²) in [6.07, 6.45) is 9.57. The average Bonchev–Trinajstić information content (AvgIpc) is 2.55. The maximum atomic E-state index is 11.4. The SMILES string of the molecule is N=C(Nc1ccc(C(N)=O)cc1OCC1CCC1)NC1CCCCC1. The van der Waals surface area contributed by atoms with E-state index in [1.807, 2.05) is 0 Å². The highest BCUT2D eigenvalue weighted by Crippen LogP contribution is 2.30. The lowest BCUT2D eigenvalue weighted by molar-refractivity contribution is 0.0999. The lowest BCUT2D eigenvalue weighted by Crippen LogP contribution is -2.39. The molecule has 2 aliphatic rings. The van der Waals surface area contributed by atoms with Gasteiger partial charge in [0.25, 0.3) is 0 Å². The summed E-state index contributed by atoms with van der Waals surface area (Å²) in [6.45, 7) is 0.639. The van der Waals surface area contributed by atoms with Crippen molar-refractivity contribution in [2.45, 2.75) is 57.4 Å². The van der Waals surface area contributed by atoms with Crippen molar-refractivity contribution < 1.29 is 9.53 Å². The molecule has 6 nitrogen and oxygen atoms in total. The third-order valence-electron chi connectivity index (χ3n) is 5.18. The van der Waals surface area contributed by atoms with Crippen LogP contribution in [-0.2, 0) is 0 Å². The van der Waals surface area contributed by atoms with Gasteiger partial charge in [-0.3, -0.25) is 10.2 Å². The maximum Gasteiger partial charge on any atom is 0.248 e. The molecule has 2 aliphatic carbocycles. The van der Waals surface area contributed by atoms with Crippen LogP contribution in [0.4, 0.5) is 5.69 Å². The molecule has 1 aromatic rings. The van der Waals surface area contributed by atoms with E-state index in [4.69, 9.17) is 15.9 Å². The zero-order chi connectivity index (χ0) is 17.6. The van der Waals surface area contributed by atoms with Crippen LogP contribution in [0.15, 0.2) is 18.2 Å². The molecule has 0 saturated heterocycles. The number of carbonyl (C=O) groups excluding carboxylic acids is 1. The molecule has 136 valence electrons. The molecule has 2 saturated carbocycles. The number of anilines is 1. The van der Waals surface area contributed by atoms with Gasteiger partial charge in [0.15, 0.2) is 5.96 Å². The molecule has 3 rings (SSSR count). The largest absolute Gasteiger partial charge is 0.491 e. The number of nitrogens with two attached hydrogens (primary N) is 1. The minimum atomic E-state index is -0.476. The first-order valence-electron chi connectivity index (χ1n) is 9.30. The highest BCUT2D eigenvalue weighted by atomic mass is 16.5. The smallest absolute Gasteiger partial charge is 0.248 e. The van der Waals surface area contributed by atoms with Crippen LogP contribution in [0.5, 0.6) is 5.75 Å². The lowest BCUT2D eigenvalue weighted by Gasteiger charge is -2.27. The Balaban J connectivity index is 1.64. The third-order valence-corrected chi connectivity index (χ3v) is 5.18. The molecule has 0 aliphatic heterocycles. The molecule has 0 unspecified atom stereocenters. The Kier molecular flexibility index (Phi) is 5.79. The first kappa shape index (κ1) is 17.6. The fraction of sp³-hybridized carbons (Fsp3) is 0.579. The Bertz CT molecular complexity index is 622. The van der Waals surface area contributed by atoms with Crippen molar-refractivity contribution in [3.8, 4) is 5.75 Å². The number of nitrogens with one attached hydrogen (secondary N) is 3. The number of guanidine groups is 1. The van der Waals surface area contributed by atoms with Crippen molar-refractivity contribution >= 4 is 17.6 Å². The fourth-order valence-corrected chi connectivity index (χ4v) is 3.39. The van der Waals surface area contributed by atoms with E-state index < -0.39 is 5.91 Å². The first-order valence-corrected chi connectivity index (χ1v) is 9.30. The zero-order valence-electron chi connectivity index (χ0n) is 14.6. The minimum absolute atomic E-state index is 0.271. The van der Waals surface area contributed by atoms with Gasteiger partial charge in [0.2, 0.25) is 5.91 Å². The van der Waals surface area contributed by atoms with Crippen LogP contribution in [0, 0.1) is 11.3 Å². The summed E-state index contributed by atoms with van der Waals surface area (Å²) >= 11 is 0. The summed E-state index contributed by atoms with van der Waals surface area (Å²) in [4.78, 5) is 11.4. The Morgan fingerprint density at radius 2 is 1.92 bits per heavy atom. The minimum Gasteiger partial charge on any atom is -0.491 e. The Labute approximate surface area is 149 Å². The van der Waals surface area contributed by atoms with Gasteiger partial charge in [0.1, 0.15) is 5.75 Å². The quantitative estimate of drug-likeness (QED) is 0.470. The van der Waals surface area contributed by atoms with E-state index in [-0.39, 0.29) is 5.96 Å². The molecule has 0 aromatic heterocycles. The van der Waals surface area contributed by atoms with Gasteiger partial charge in [-0.25, -0.2) is 0 Å². The highest BCUT2D eigenvalue weighted by Gasteiger charge is 2.20. The van der Waals surface area contributed by atoms with Crippen LogP contribution in [0.2, 0.25) is 0 Å². The first-order chi connectivity index (χ1) is 12.1. The standard InChI is InChI=1S/C19H28N4O2/c20-18(24)14-9-10-16(17(11-14)25-12-13-5-4-6-13)23-19(21)22-15-7-2-1-3-8-15/h9-11,13,15H,1-8,12H2,(H2,20,24)(H3,21,22,23). The molecule has 0 atom stereocenters. The van der Waals surface area contributed by atoms with E-state index in [0.29, 0.717) is 35.6 Å². The van der Waals surface area contributed by atoms with Crippen LogP contribution in [0.25, 0.3) is 0 Å². The predicted molar refractivity (Wildman–Crippen MR) is 99.2 cm³/mol. The van der Waals surface area contributed by atoms with Crippen LogP contribution in [0.1, 0.15) is 61.7 Å². The molecule has 25 heavy (non-hydrogen) atoms. The summed E-state index contributed by atoms with van der Waals surface area (Å²) in [5.41, 5.74) is 6.49. The van der Waals surface area contributed by atoms with E-state index in [0.717, 1.165) is 12.8 Å². The summed E-state index contributed by atoms with van der Waals surface area (Å²) in [7, 11) is 0. The maximum absolute atomic E-state index is 11.4. The summed E-state index contributed by atoms with van der Waals surface area (Å²) in [5, 5.41) is 14.5. The van der Waals surface area contributed by atoms with Crippen LogP contribution in [0.3, 0.4) is 0 Å². The molecule has 5 N–H and O–H groups in total. The topological polar surface area (TPSA) is 100 Å². The van der Waals surface area contributed by atoms with Gasteiger partial charge in [-0.05, 0) is 49.8 Å². The number of amides is 1. The van der Waals surface area contributed by atoms with Crippen molar-refractivity contribution in [3.05, 3.63) is 23.8 Å². The van der Waals surface area contributed by atoms with Gasteiger partial charge in [-0.15, -0.1) is 0 Å². The van der Waals surface area contributed by atoms with Gasteiger partial charge in [0.05, 0.1) is 12.3 Å². The molecule has 0 heterocycles. The number of hydrogen-bond donors (Lipinski definition) is 4. The molecule has 0 spiro atoms. The van der Waals surface area contributed by atoms with Gasteiger partial charge in [0, 0.05) is 11.6 Å². The Hall–Kier alpha value is -2.24. The van der Waals surface area contributed by atoms with E-state index >= 15 is 0 Å². The van der Waals surface area contributed by atoms with Gasteiger partial charge in [-0.1, -0.05) is 25.7 Å². The second-order valence-electron chi connectivity index (χ2n) is 7.16. The molecule has 1 aromatic carbocycles. The number of rotatable bonds is 6. The number of carbonyl (C=O) groups is 1. The molecule has 0 bridgehead atoms. The number of primary amides is 1. The molecule has 2 fully saturated rings. The zero-order valence-corrected chi connectivity index (χ0v) is 14.6. The van der Waals surface area contributed by atoms with Crippen LogP contribution >= 0.6 is 0 Å². The summed E-state index contributed by atoms with van der Waals surface area (Å²) in [5.74, 6) is 0.964. The van der Waals surface area contributed by atoms with E-state index in [1.54, 1.807) is 18.2 Å². The molecular formula is C19H28N4O2. The van der Waals surface area contributed by atoms with Gasteiger partial charge < -0.3 is 21.1 Å². The van der Waals surface area contributed by atoms with Crippen LogP contribution < -0.4 is 21.1 Å². The molecule has 0 radical (unpaired) electrons. The monoisotopic (exact) mass is 344 g/mol. The highest BCUT2D eigenvalue weighted by molar-refractivity contribution is 5.96. The number of benzene rings is 1. The lowest BCUT2D eigenvalue weighted by atomic mass is 9.86. The van der Waals surface area contributed by atoms with Crippen molar-refractivity contribution in [2.75, 3.05) is 11.9 Å². The van der Waals surface area contributed by atoms with E-state index in [2.05, 4.69) is 10.6 Å². The Morgan fingerprint density at radius 3 is 2.56 bits per heavy atom. The average molecular weight is 344 g/mol. The summed E-state index contributed by atoms with van der Waals surface area (Å²) in [6, 6.07) is 5.44. The van der Waals surface area contributed by atoms with Gasteiger partial charge in [-0.2, -0.15) is 0 Å². The fourth-order valence-electron chi connectivity index (χ4n) is 3.39. The van der Waals surface area contributed by atoms with E-state index in [9.17, 15) is 4.79 Å². The molecular weight excluding hydrogens is 316 g/mol. The Morgan fingerprint density at radius 1 is 1.16 bits per heavy atom. The van der Waals surface area contributed by atoms with Crippen molar-refractivity contribution in [3.63, 3.8) is 0 Å². The number of ether oxygens (including phenoxy) is 1. The predicted octanol–water partition coefficient (Wildman–Crippen LogP) is 3.23. The second kappa shape index (κ2) is 8.23. The van der Waals surface area contributed by atoms with Crippen LogP contribution in [-0.4, -0.2) is 24.5 Å². The van der Waals surface area contributed by atoms with Gasteiger partial charge >= 0.3 is 0 Å². The molecule has 1 amide bonds. The second-order valence-corrected chi connectivity index (χ2v) is 7.16. The summed E-state index contributed by atoms with van der Waals surface area (Å²) < 4.78 is 5.93. The third kappa shape index (κ3) is 4.87. The van der Waals surface area contributed by atoms with Crippen molar-refractivity contribution in [2.24, 2.45) is 11.7 Å². The molecule has 6 heteroatoms.